The zero-order valence-corrected chi connectivity index (χ0v) is 21.7. The second-order valence-corrected chi connectivity index (χ2v) is 11.6. The Kier molecular flexibility index (Phi) is 11.8. The molecule has 0 aromatic carbocycles. The van der Waals surface area contributed by atoms with E-state index in [1.807, 2.05) is 7.05 Å². The smallest absolute Gasteiger partial charge is 0.305 e. The zero-order valence-electron chi connectivity index (χ0n) is 21.7. The normalized spacial score (nSPS) is 25.0. The van der Waals surface area contributed by atoms with Crippen molar-refractivity contribution in [3.05, 3.63) is 11.6 Å². The summed E-state index contributed by atoms with van der Waals surface area (Å²) in [4.78, 5) is 12.2. The molecular weight excluding hydrogens is 384 g/mol. The first kappa shape index (κ1) is 28.2. The van der Waals surface area contributed by atoms with Gasteiger partial charge in [0.25, 0.3) is 0 Å². The van der Waals surface area contributed by atoms with E-state index in [1.165, 1.54) is 50.5 Å². The van der Waals surface area contributed by atoms with Gasteiger partial charge in [-0.25, -0.2) is 0 Å². The SMILES string of the molecule is CCCCCCCCCCCC(=O)OCC(C)(C)C=C1C(NC)CC(C)(C)CC1(C)N. The Labute approximate surface area is 193 Å². The van der Waals surface area contributed by atoms with E-state index in [-0.39, 0.29) is 28.4 Å². The fourth-order valence-corrected chi connectivity index (χ4v) is 5.13. The van der Waals surface area contributed by atoms with E-state index in [0.717, 1.165) is 25.7 Å². The molecule has 4 heteroatoms. The van der Waals surface area contributed by atoms with Crippen LogP contribution in [0.3, 0.4) is 0 Å². The van der Waals surface area contributed by atoms with Crippen LogP contribution in [0.15, 0.2) is 11.6 Å². The van der Waals surface area contributed by atoms with Crippen LogP contribution in [0.25, 0.3) is 0 Å². The molecule has 0 amide bonds. The first-order chi connectivity index (χ1) is 14.4. The lowest BCUT2D eigenvalue weighted by Gasteiger charge is -2.47. The topological polar surface area (TPSA) is 64.3 Å². The quantitative estimate of drug-likeness (QED) is 0.185. The summed E-state index contributed by atoms with van der Waals surface area (Å²) in [6, 6.07) is 0.260. The van der Waals surface area contributed by atoms with E-state index in [1.54, 1.807) is 0 Å². The third-order valence-electron chi connectivity index (χ3n) is 6.62. The molecule has 1 rings (SSSR count). The molecule has 0 radical (unpaired) electrons. The number of esters is 1. The third-order valence-corrected chi connectivity index (χ3v) is 6.62. The van der Waals surface area contributed by atoms with Gasteiger partial charge in [0, 0.05) is 23.4 Å². The number of carbonyl (C=O) groups is 1. The molecule has 0 aromatic rings. The van der Waals surface area contributed by atoms with Crippen molar-refractivity contribution in [3.63, 3.8) is 0 Å². The lowest BCUT2D eigenvalue weighted by atomic mass is 9.63. The number of carbonyl (C=O) groups excluding carboxylic acids is 1. The highest BCUT2D eigenvalue weighted by Gasteiger charge is 2.43. The van der Waals surface area contributed by atoms with Crippen LogP contribution in [0.4, 0.5) is 0 Å². The molecule has 0 aromatic heterocycles. The number of nitrogens with two attached hydrogens (primary N) is 1. The maximum atomic E-state index is 12.2. The van der Waals surface area contributed by atoms with Crippen LogP contribution < -0.4 is 11.1 Å². The molecule has 3 N–H and O–H groups in total. The van der Waals surface area contributed by atoms with E-state index >= 15 is 0 Å². The summed E-state index contributed by atoms with van der Waals surface area (Å²) in [5.74, 6) is -0.0696. The molecule has 1 fully saturated rings. The Morgan fingerprint density at radius 1 is 1.10 bits per heavy atom. The maximum absolute atomic E-state index is 12.2. The highest BCUT2D eigenvalue weighted by atomic mass is 16.5. The third kappa shape index (κ3) is 11.0. The van der Waals surface area contributed by atoms with Crippen molar-refractivity contribution in [2.75, 3.05) is 13.7 Å². The molecule has 0 aliphatic heterocycles. The largest absolute Gasteiger partial charge is 0.465 e. The number of nitrogens with one attached hydrogen (secondary N) is 1. The molecule has 1 saturated carbocycles. The van der Waals surface area contributed by atoms with Gasteiger partial charge in [-0.2, -0.15) is 0 Å². The summed E-state index contributed by atoms with van der Waals surface area (Å²) in [6.45, 7) is 13.6. The molecule has 0 saturated heterocycles. The van der Waals surface area contributed by atoms with E-state index < -0.39 is 0 Å². The molecule has 2 atom stereocenters. The fourth-order valence-electron chi connectivity index (χ4n) is 5.13. The number of hydrogen-bond acceptors (Lipinski definition) is 4. The highest BCUT2D eigenvalue weighted by molar-refractivity contribution is 5.69. The average Bonchev–Trinajstić information content (AvgIpc) is 2.66. The van der Waals surface area contributed by atoms with Crippen molar-refractivity contribution in [1.82, 2.24) is 5.32 Å². The van der Waals surface area contributed by atoms with Gasteiger partial charge in [-0.1, -0.05) is 92.1 Å². The Balaban J connectivity index is 2.42. The molecule has 1 aliphatic carbocycles. The van der Waals surface area contributed by atoms with Crippen molar-refractivity contribution in [2.45, 2.75) is 130 Å². The predicted molar refractivity (Wildman–Crippen MR) is 133 cm³/mol. The van der Waals surface area contributed by atoms with E-state index in [4.69, 9.17) is 10.5 Å². The molecule has 0 heterocycles. The number of ether oxygens (including phenoxy) is 1. The van der Waals surface area contributed by atoms with Crippen LogP contribution in [0.2, 0.25) is 0 Å². The molecular formula is C27H52N2O2. The van der Waals surface area contributed by atoms with Crippen molar-refractivity contribution in [2.24, 2.45) is 16.6 Å². The van der Waals surface area contributed by atoms with Crippen LogP contribution in [0.1, 0.15) is 119 Å². The number of unbranched alkanes of at least 4 members (excludes halogenated alkanes) is 8. The van der Waals surface area contributed by atoms with Crippen LogP contribution >= 0.6 is 0 Å². The standard InChI is InChI=1S/C27H52N2O2/c1-8-9-10-11-12-13-14-15-16-17-24(30)31-21-26(4,5)18-22-23(29-7)19-25(2,3)20-27(22,6)28/h18,23,29H,8-17,19-21,28H2,1-7H3. The molecule has 31 heavy (non-hydrogen) atoms. The summed E-state index contributed by atoms with van der Waals surface area (Å²) < 4.78 is 5.65. The second kappa shape index (κ2) is 13.0. The van der Waals surface area contributed by atoms with E-state index in [2.05, 4.69) is 52.9 Å². The molecule has 182 valence electrons. The van der Waals surface area contributed by atoms with Crippen LogP contribution in [-0.4, -0.2) is 31.2 Å². The maximum Gasteiger partial charge on any atom is 0.305 e. The van der Waals surface area contributed by atoms with Crippen molar-refractivity contribution < 1.29 is 9.53 Å². The highest BCUT2D eigenvalue weighted by Crippen LogP contribution is 2.44. The lowest BCUT2D eigenvalue weighted by molar-refractivity contribution is -0.146. The fraction of sp³-hybridized carbons (Fsp3) is 0.889. The van der Waals surface area contributed by atoms with Crippen molar-refractivity contribution >= 4 is 5.97 Å². The van der Waals surface area contributed by atoms with Gasteiger partial charge >= 0.3 is 5.97 Å². The van der Waals surface area contributed by atoms with Gasteiger partial charge < -0.3 is 15.8 Å². The summed E-state index contributed by atoms with van der Waals surface area (Å²) >= 11 is 0. The summed E-state index contributed by atoms with van der Waals surface area (Å²) in [7, 11) is 2.01. The van der Waals surface area contributed by atoms with Gasteiger partial charge in [-0.3, -0.25) is 4.79 Å². The molecule has 0 spiro atoms. The van der Waals surface area contributed by atoms with Crippen LogP contribution in [-0.2, 0) is 9.53 Å². The van der Waals surface area contributed by atoms with Crippen molar-refractivity contribution in [3.8, 4) is 0 Å². The van der Waals surface area contributed by atoms with Crippen molar-refractivity contribution in [1.29, 1.82) is 0 Å². The van der Waals surface area contributed by atoms with E-state index in [9.17, 15) is 4.79 Å². The van der Waals surface area contributed by atoms with Crippen LogP contribution in [0.5, 0.6) is 0 Å². The minimum absolute atomic E-state index is 0.0696. The Morgan fingerprint density at radius 3 is 2.19 bits per heavy atom. The van der Waals surface area contributed by atoms with Crippen LogP contribution in [0, 0.1) is 10.8 Å². The Bertz CT molecular complexity index is 564. The predicted octanol–water partition coefficient (Wildman–Crippen LogP) is 6.53. The first-order valence-electron chi connectivity index (χ1n) is 12.8. The van der Waals surface area contributed by atoms with Gasteiger partial charge in [0.2, 0.25) is 0 Å². The number of rotatable bonds is 14. The van der Waals surface area contributed by atoms with Gasteiger partial charge in [-0.15, -0.1) is 0 Å². The molecule has 0 bridgehead atoms. The molecule has 1 aliphatic rings. The van der Waals surface area contributed by atoms with E-state index in [0.29, 0.717) is 13.0 Å². The lowest BCUT2D eigenvalue weighted by Crippen LogP contribution is -2.55. The number of hydrogen-bond donors (Lipinski definition) is 2. The monoisotopic (exact) mass is 436 g/mol. The summed E-state index contributed by atoms with van der Waals surface area (Å²) in [6.07, 6.45) is 16.1. The molecule has 4 nitrogen and oxygen atoms in total. The minimum Gasteiger partial charge on any atom is -0.465 e. The first-order valence-corrected chi connectivity index (χ1v) is 12.8. The summed E-state index contributed by atoms with van der Waals surface area (Å²) in [5.41, 5.74) is 7.61. The second-order valence-electron chi connectivity index (χ2n) is 11.6. The van der Waals surface area contributed by atoms with Gasteiger partial charge in [0.05, 0.1) is 6.61 Å². The van der Waals surface area contributed by atoms with Gasteiger partial charge in [-0.05, 0) is 44.2 Å². The number of likely N-dealkylation sites (N-methyl/N-ethyl adjacent to an activating group) is 1. The zero-order chi connectivity index (χ0) is 23.5. The van der Waals surface area contributed by atoms with Gasteiger partial charge in [0.15, 0.2) is 0 Å². The average molecular weight is 437 g/mol. The minimum atomic E-state index is -0.354. The Morgan fingerprint density at radius 2 is 1.65 bits per heavy atom. The Hall–Kier alpha value is -0.870. The summed E-state index contributed by atoms with van der Waals surface area (Å²) in [5, 5.41) is 3.46. The van der Waals surface area contributed by atoms with Gasteiger partial charge in [0.1, 0.15) is 0 Å². The molecule has 2 unspecified atom stereocenters.